The normalized spacial score (nSPS) is 10.5. The first kappa shape index (κ1) is 14.6. The van der Waals surface area contributed by atoms with Gasteiger partial charge in [0.05, 0.1) is 23.5 Å². The van der Waals surface area contributed by atoms with Crippen LogP contribution in [0.5, 0.6) is 0 Å². The third kappa shape index (κ3) is 3.49. The molecule has 0 saturated carbocycles. The molecule has 0 saturated heterocycles. The van der Waals surface area contributed by atoms with Crippen LogP contribution in [0.4, 0.5) is 5.95 Å². The van der Waals surface area contributed by atoms with E-state index in [4.69, 9.17) is 9.63 Å². The van der Waals surface area contributed by atoms with E-state index in [9.17, 15) is 4.79 Å². The molecule has 2 N–H and O–H groups in total. The van der Waals surface area contributed by atoms with Crippen LogP contribution in [0.25, 0.3) is 11.4 Å². The fourth-order valence-electron chi connectivity index (χ4n) is 1.96. The molecule has 3 heterocycles. The van der Waals surface area contributed by atoms with E-state index < -0.39 is 5.97 Å². The Labute approximate surface area is 131 Å². The van der Waals surface area contributed by atoms with Gasteiger partial charge in [0.25, 0.3) is 0 Å². The van der Waals surface area contributed by atoms with E-state index in [1.165, 1.54) is 18.3 Å². The maximum atomic E-state index is 11.0. The Morgan fingerprint density at radius 1 is 1.22 bits per heavy atom. The third-order valence-corrected chi connectivity index (χ3v) is 3.03. The van der Waals surface area contributed by atoms with Gasteiger partial charge in [0.2, 0.25) is 5.95 Å². The van der Waals surface area contributed by atoms with Crippen LogP contribution in [0, 0.1) is 6.92 Å². The maximum Gasteiger partial charge on any atom is 0.335 e. The summed E-state index contributed by atoms with van der Waals surface area (Å²) < 4.78 is 4.99. The van der Waals surface area contributed by atoms with E-state index in [2.05, 4.69) is 25.4 Å². The van der Waals surface area contributed by atoms with Gasteiger partial charge in [-0.15, -0.1) is 0 Å². The van der Waals surface area contributed by atoms with Crippen molar-refractivity contribution in [1.82, 2.24) is 20.1 Å². The molecule has 8 nitrogen and oxygen atoms in total. The number of carboxylic acids is 1. The molecule has 0 aliphatic rings. The molecular formula is C15H13N5O3. The number of pyridine rings is 1. The molecule has 3 rings (SSSR count). The number of rotatable bonds is 5. The van der Waals surface area contributed by atoms with Gasteiger partial charge in [-0.3, -0.25) is 4.98 Å². The molecule has 0 fully saturated rings. The molecule has 3 aromatic rings. The van der Waals surface area contributed by atoms with Crippen molar-refractivity contribution >= 4 is 11.9 Å². The first-order chi connectivity index (χ1) is 11.1. The highest BCUT2D eigenvalue weighted by Gasteiger charge is 2.08. The summed E-state index contributed by atoms with van der Waals surface area (Å²) >= 11 is 0. The van der Waals surface area contributed by atoms with Gasteiger partial charge in [-0.25, -0.2) is 14.8 Å². The number of nitrogens with zero attached hydrogens (tertiary/aromatic N) is 4. The van der Waals surface area contributed by atoms with Gasteiger partial charge < -0.3 is 14.9 Å². The number of anilines is 1. The largest absolute Gasteiger partial charge is 0.478 e. The number of hydrogen-bond donors (Lipinski definition) is 2. The predicted molar refractivity (Wildman–Crippen MR) is 80.8 cm³/mol. The lowest BCUT2D eigenvalue weighted by atomic mass is 10.2. The molecule has 8 heteroatoms. The van der Waals surface area contributed by atoms with Crippen LogP contribution >= 0.6 is 0 Å². The average molecular weight is 311 g/mol. The minimum Gasteiger partial charge on any atom is -0.478 e. The van der Waals surface area contributed by atoms with Crippen LogP contribution in [-0.4, -0.2) is 31.2 Å². The Morgan fingerprint density at radius 2 is 2.04 bits per heavy atom. The van der Waals surface area contributed by atoms with Gasteiger partial charge in [-0.2, -0.15) is 0 Å². The summed E-state index contributed by atoms with van der Waals surface area (Å²) in [6.07, 6.45) is 3.01. The fraction of sp³-hybridized carbons (Fsp3) is 0.133. The zero-order chi connectivity index (χ0) is 16.2. The summed E-state index contributed by atoms with van der Waals surface area (Å²) in [7, 11) is 0. The maximum absolute atomic E-state index is 11.0. The minimum absolute atomic E-state index is 0.154. The first-order valence-corrected chi connectivity index (χ1v) is 6.80. The van der Waals surface area contributed by atoms with Crippen LogP contribution < -0.4 is 5.32 Å². The molecule has 0 aromatic carbocycles. The van der Waals surface area contributed by atoms with Gasteiger partial charge >= 0.3 is 5.97 Å². The van der Waals surface area contributed by atoms with Crippen molar-refractivity contribution in [2.24, 2.45) is 0 Å². The lowest BCUT2D eigenvalue weighted by Gasteiger charge is -2.05. The summed E-state index contributed by atoms with van der Waals surface area (Å²) in [6, 6.07) is 6.38. The molecule has 0 spiro atoms. The summed E-state index contributed by atoms with van der Waals surface area (Å²) in [5.74, 6) is 0.110. The molecule has 0 radical (unpaired) electrons. The van der Waals surface area contributed by atoms with E-state index in [1.54, 1.807) is 12.3 Å². The van der Waals surface area contributed by atoms with Crippen LogP contribution in [0.2, 0.25) is 0 Å². The van der Waals surface area contributed by atoms with Gasteiger partial charge in [0.15, 0.2) is 0 Å². The van der Waals surface area contributed by atoms with Gasteiger partial charge in [-0.05, 0) is 25.1 Å². The monoisotopic (exact) mass is 311 g/mol. The van der Waals surface area contributed by atoms with Crippen molar-refractivity contribution in [3.8, 4) is 11.4 Å². The Kier molecular flexibility index (Phi) is 3.96. The van der Waals surface area contributed by atoms with Gasteiger partial charge in [-0.1, -0.05) is 5.16 Å². The van der Waals surface area contributed by atoms with Crippen LogP contribution in [0.3, 0.4) is 0 Å². The summed E-state index contributed by atoms with van der Waals surface area (Å²) in [4.78, 5) is 23.6. The topological polar surface area (TPSA) is 114 Å². The Morgan fingerprint density at radius 3 is 2.78 bits per heavy atom. The molecular weight excluding hydrogens is 298 g/mol. The highest BCUT2D eigenvalue weighted by Crippen LogP contribution is 2.16. The predicted octanol–water partition coefficient (Wildman–Crippen LogP) is 2.15. The zero-order valence-electron chi connectivity index (χ0n) is 12.2. The standard InChI is InChI=1S/C15H13N5O3/c1-9-6-11(20-23-9)8-18-15-17-5-3-12(19-15)13-7-10(14(21)22)2-4-16-13/h2-7H,8H2,1H3,(H,21,22)(H,17,18,19). The van der Waals surface area contributed by atoms with Crippen molar-refractivity contribution < 1.29 is 14.4 Å². The van der Waals surface area contributed by atoms with Crippen molar-refractivity contribution in [2.45, 2.75) is 13.5 Å². The summed E-state index contributed by atoms with van der Waals surface area (Å²) in [5.41, 5.74) is 1.89. The summed E-state index contributed by atoms with van der Waals surface area (Å²) in [6.45, 7) is 2.23. The fourth-order valence-corrected chi connectivity index (χ4v) is 1.96. The lowest BCUT2D eigenvalue weighted by Crippen LogP contribution is -2.04. The second-order valence-electron chi connectivity index (χ2n) is 4.78. The number of carbonyl (C=O) groups is 1. The molecule has 3 aromatic heterocycles. The quantitative estimate of drug-likeness (QED) is 0.736. The second kappa shape index (κ2) is 6.22. The van der Waals surface area contributed by atoms with Gasteiger partial charge in [0.1, 0.15) is 11.5 Å². The molecule has 0 bridgehead atoms. The number of carboxylic acid groups (broad SMARTS) is 1. The van der Waals surface area contributed by atoms with Crippen LogP contribution in [0.15, 0.2) is 41.2 Å². The molecule has 23 heavy (non-hydrogen) atoms. The molecule has 0 atom stereocenters. The Hall–Kier alpha value is -3.29. The van der Waals surface area contributed by atoms with E-state index in [0.717, 1.165) is 11.5 Å². The van der Waals surface area contributed by atoms with E-state index in [0.29, 0.717) is 23.9 Å². The van der Waals surface area contributed by atoms with E-state index in [1.807, 2.05) is 13.0 Å². The molecule has 0 amide bonds. The smallest absolute Gasteiger partial charge is 0.335 e. The highest BCUT2D eigenvalue weighted by atomic mass is 16.5. The second-order valence-corrected chi connectivity index (χ2v) is 4.78. The molecule has 0 aliphatic heterocycles. The van der Waals surface area contributed by atoms with Crippen molar-refractivity contribution in [2.75, 3.05) is 5.32 Å². The van der Waals surface area contributed by atoms with E-state index >= 15 is 0 Å². The summed E-state index contributed by atoms with van der Waals surface area (Å²) in [5, 5.41) is 15.9. The number of aryl methyl sites for hydroxylation is 1. The average Bonchev–Trinajstić information content (AvgIpc) is 2.99. The lowest BCUT2D eigenvalue weighted by molar-refractivity contribution is 0.0697. The Bertz CT molecular complexity index is 846. The van der Waals surface area contributed by atoms with Crippen molar-refractivity contribution in [3.05, 3.63) is 53.7 Å². The minimum atomic E-state index is -1.01. The van der Waals surface area contributed by atoms with Gasteiger partial charge in [0, 0.05) is 18.5 Å². The molecule has 116 valence electrons. The molecule has 0 unspecified atom stereocenters. The number of nitrogens with one attached hydrogen (secondary N) is 1. The van der Waals surface area contributed by atoms with Crippen molar-refractivity contribution in [1.29, 1.82) is 0 Å². The van der Waals surface area contributed by atoms with Crippen LogP contribution in [0.1, 0.15) is 21.8 Å². The number of aromatic carboxylic acids is 1. The van der Waals surface area contributed by atoms with Crippen LogP contribution in [-0.2, 0) is 6.54 Å². The van der Waals surface area contributed by atoms with E-state index in [-0.39, 0.29) is 5.56 Å². The first-order valence-electron chi connectivity index (χ1n) is 6.80. The highest BCUT2D eigenvalue weighted by molar-refractivity contribution is 5.88. The number of hydrogen-bond acceptors (Lipinski definition) is 7. The number of aromatic nitrogens is 4. The SMILES string of the molecule is Cc1cc(CNc2nccc(-c3cc(C(=O)O)ccn3)n2)no1. The van der Waals surface area contributed by atoms with Crippen molar-refractivity contribution in [3.63, 3.8) is 0 Å². The zero-order valence-corrected chi connectivity index (χ0v) is 12.2. The Balaban J connectivity index is 1.79. The molecule has 0 aliphatic carbocycles. The third-order valence-electron chi connectivity index (χ3n) is 3.03.